The van der Waals surface area contributed by atoms with Crippen LogP contribution in [0.2, 0.25) is 0 Å². The molecule has 0 unspecified atom stereocenters. The normalized spacial score (nSPS) is 10.0. The molecule has 0 heterocycles. The number of para-hydroxylation sites is 1. The number of rotatable bonds is 5. The Morgan fingerprint density at radius 3 is 2.33 bits per heavy atom. The van der Waals surface area contributed by atoms with Crippen LogP contribution in [0.4, 0.5) is 5.69 Å². The van der Waals surface area contributed by atoms with Crippen LogP contribution in [-0.2, 0) is 6.54 Å². The van der Waals surface area contributed by atoms with Crippen molar-refractivity contribution < 1.29 is 9.72 Å². The van der Waals surface area contributed by atoms with Gasteiger partial charge in [-0.2, -0.15) is 5.26 Å². The van der Waals surface area contributed by atoms with Gasteiger partial charge < -0.3 is 5.32 Å². The fourth-order valence-corrected chi connectivity index (χ4v) is 2.84. The highest BCUT2D eigenvalue weighted by Crippen LogP contribution is 2.27. The van der Waals surface area contributed by atoms with Gasteiger partial charge in [0.15, 0.2) is 0 Å². The van der Waals surface area contributed by atoms with E-state index >= 15 is 0 Å². The average Bonchev–Trinajstić information content (AvgIpc) is 2.72. The van der Waals surface area contributed by atoms with Gasteiger partial charge in [-0.05, 0) is 17.7 Å². The monoisotopic (exact) mass is 357 g/mol. The van der Waals surface area contributed by atoms with Gasteiger partial charge in [0.05, 0.1) is 16.6 Å². The van der Waals surface area contributed by atoms with Crippen molar-refractivity contribution in [1.82, 2.24) is 5.32 Å². The van der Waals surface area contributed by atoms with Crippen molar-refractivity contribution >= 4 is 11.6 Å². The van der Waals surface area contributed by atoms with Crippen molar-refractivity contribution in [2.45, 2.75) is 6.54 Å². The molecule has 0 aliphatic carbocycles. The largest absolute Gasteiger partial charge is 0.348 e. The summed E-state index contributed by atoms with van der Waals surface area (Å²) < 4.78 is 0. The Morgan fingerprint density at radius 2 is 1.59 bits per heavy atom. The van der Waals surface area contributed by atoms with E-state index in [2.05, 4.69) is 11.4 Å². The summed E-state index contributed by atoms with van der Waals surface area (Å²) in [5, 5.41) is 23.2. The van der Waals surface area contributed by atoms with Crippen LogP contribution in [0.25, 0.3) is 11.1 Å². The summed E-state index contributed by atoms with van der Waals surface area (Å²) in [7, 11) is 0. The number of nitriles is 1. The van der Waals surface area contributed by atoms with E-state index in [0.29, 0.717) is 27.8 Å². The summed E-state index contributed by atoms with van der Waals surface area (Å²) >= 11 is 0. The van der Waals surface area contributed by atoms with Crippen molar-refractivity contribution in [3.8, 4) is 17.2 Å². The van der Waals surface area contributed by atoms with Crippen molar-refractivity contribution in [2.24, 2.45) is 0 Å². The molecule has 3 aromatic carbocycles. The Labute approximate surface area is 155 Å². The molecule has 1 amide bonds. The standard InChI is InChI=1S/C21H15N3O3/c22-13-15-7-1-3-9-17(15)18-10-4-5-11-19(18)21(25)23-14-16-8-2-6-12-20(16)24(26)27/h1-12H,14H2,(H,23,25). The first-order valence-electron chi connectivity index (χ1n) is 8.21. The molecule has 27 heavy (non-hydrogen) atoms. The molecule has 1 N–H and O–H groups in total. The fraction of sp³-hybridized carbons (Fsp3) is 0.0476. The Kier molecular flexibility index (Phi) is 5.24. The Morgan fingerprint density at radius 1 is 0.963 bits per heavy atom. The third-order valence-corrected chi connectivity index (χ3v) is 4.14. The summed E-state index contributed by atoms with van der Waals surface area (Å²) in [6.45, 7) is 0.0320. The van der Waals surface area contributed by atoms with E-state index in [9.17, 15) is 20.2 Å². The molecular formula is C21H15N3O3. The van der Waals surface area contributed by atoms with Crippen LogP contribution < -0.4 is 5.32 Å². The molecule has 0 radical (unpaired) electrons. The molecule has 0 saturated carbocycles. The van der Waals surface area contributed by atoms with Crippen LogP contribution >= 0.6 is 0 Å². The summed E-state index contributed by atoms with van der Waals surface area (Å²) in [5.41, 5.74) is 2.55. The number of amides is 1. The van der Waals surface area contributed by atoms with Gasteiger partial charge in [0.2, 0.25) is 0 Å². The molecule has 0 fully saturated rings. The van der Waals surface area contributed by atoms with Crippen LogP contribution in [0.1, 0.15) is 21.5 Å². The molecule has 0 atom stereocenters. The quantitative estimate of drug-likeness (QED) is 0.550. The van der Waals surface area contributed by atoms with E-state index in [4.69, 9.17) is 0 Å². The zero-order chi connectivity index (χ0) is 19.2. The Hall–Kier alpha value is -3.98. The van der Waals surface area contributed by atoms with Crippen LogP contribution in [-0.4, -0.2) is 10.8 Å². The molecule has 3 rings (SSSR count). The number of nitro benzene ring substituents is 1. The van der Waals surface area contributed by atoms with Crippen molar-refractivity contribution in [3.05, 3.63) is 99.6 Å². The maximum Gasteiger partial charge on any atom is 0.274 e. The van der Waals surface area contributed by atoms with Gasteiger partial charge in [-0.3, -0.25) is 14.9 Å². The number of carbonyl (C=O) groups is 1. The molecule has 6 heteroatoms. The van der Waals surface area contributed by atoms with E-state index < -0.39 is 4.92 Å². The number of hydrogen-bond acceptors (Lipinski definition) is 4. The molecule has 0 saturated heterocycles. The minimum Gasteiger partial charge on any atom is -0.348 e. The first-order valence-corrected chi connectivity index (χ1v) is 8.21. The van der Waals surface area contributed by atoms with Gasteiger partial charge in [0.1, 0.15) is 0 Å². The van der Waals surface area contributed by atoms with Crippen molar-refractivity contribution in [1.29, 1.82) is 5.26 Å². The van der Waals surface area contributed by atoms with E-state index in [-0.39, 0.29) is 18.1 Å². The molecule has 6 nitrogen and oxygen atoms in total. The highest BCUT2D eigenvalue weighted by Gasteiger charge is 2.17. The smallest absolute Gasteiger partial charge is 0.274 e. The van der Waals surface area contributed by atoms with Crippen molar-refractivity contribution in [3.63, 3.8) is 0 Å². The minimum atomic E-state index is -0.474. The third-order valence-electron chi connectivity index (χ3n) is 4.14. The first kappa shape index (κ1) is 17.8. The molecule has 0 aromatic heterocycles. The number of hydrogen-bond donors (Lipinski definition) is 1. The van der Waals surface area contributed by atoms with Crippen molar-refractivity contribution in [2.75, 3.05) is 0 Å². The summed E-state index contributed by atoms with van der Waals surface area (Å²) in [5.74, 6) is -0.364. The number of benzene rings is 3. The van der Waals surface area contributed by atoms with Crippen LogP contribution in [0.5, 0.6) is 0 Å². The van der Waals surface area contributed by atoms with Gasteiger partial charge in [-0.25, -0.2) is 0 Å². The lowest BCUT2D eigenvalue weighted by molar-refractivity contribution is -0.385. The average molecular weight is 357 g/mol. The van der Waals surface area contributed by atoms with Gasteiger partial charge >= 0.3 is 0 Å². The molecule has 3 aromatic rings. The lowest BCUT2D eigenvalue weighted by atomic mass is 9.95. The van der Waals surface area contributed by atoms with E-state index in [1.54, 1.807) is 66.7 Å². The molecule has 0 spiro atoms. The molecular weight excluding hydrogens is 342 g/mol. The minimum absolute atomic E-state index is 0.0320. The topological polar surface area (TPSA) is 96.0 Å². The van der Waals surface area contributed by atoms with E-state index in [0.717, 1.165) is 0 Å². The highest BCUT2D eigenvalue weighted by molar-refractivity contribution is 6.01. The maximum absolute atomic E-state index is 12.7. The zero-order valence-corrected chi connectivity index (χ0v) is 14.3. The third kappa shape index (κ3) is 3.83. The van der Waals surface area contributed by atoms with Crippen LogP contribution in [0, 0.1) is 21.4 Å². The summed E-state index contributed by atoms with van der Waals surface area (Å²) in [6.07, 6.45) is 0. The number of nitrogens with zero attached hydrogens (tertiary/aromatic N) is 2. The summed E-state index contributed by atoms with van der Waals surface area (Å²) in [6, 6.07) is 22.4. The SMILES string of the molecule is N#Cc1ccccc1-c1ccccc1C(=O)NCc1ccccc1[N+](=O)[O-]. The van der Waals surface area contributed by atoms with Crippen LogP contribution in [0.15, 0.2) is 72.8 Å². The first-order chi connectivity index (χ1) is 13.1. The molecule has 132 valence electrons. The number of nitrogens with one attached hydrogen (secondary N) is 1. The summed E-state index contributed by atoms with van der Waals surface area (Å²) in [4.78, 5) is 23.4. The lowest BCUT2D eigenvalue weighted by Crippen LogP contribution is -2.24. The van der Waals surface area contributed by atoms with Gasteiger partial charge in [0, 0.05) is 29.3 Å². The molecule has 0 aliphatic heterocycles. The molecule has 0 bridgehead atoms. The number of nitro groups is 1. The number of carbonyl (C=O) groups excluding carboxylic acids is 1. The Balaban J connectivity index is 1.89. The second kappa shape index (κ2) is 7.93. The Bertz CT molecular complexity index is 1050. The van der Waals surface area contributed by atoms with E-state index in [1.165, 1.54) is 6.07 Å². The van der Waals surface area contributed by atoms with Gasteiger partial charge in [0.25, 0.3) is 11.6 Å². The lowest BCUT2D eigenvalue weighted by Gasteiger charge is -2.11. The zero-order valence-electron chi connectivity index (χ0n) is 14.3. The predicted molar refractivity (Wildman–Crippen MR) is 101 cm³/mol. The van der Waals surface area contributed by atoms with Gasteiger partial charge in [-0.1, -0.05) is 54.6 Å². The van der Waals surface area contributed by atoms with Gasteiger partial charge in [-0.15, -0.1) is 0 Å². The molecule has 0 aliphatic rings. The fourth-order valence-electron chi connectivity index (χ4n) is 2.84. The van der Waals surface area contributed by atoms with E-state index in [1.807, 2.05) is 0 Å². The predicted octanol–water partition coefficient (Wildman–Crippen LogP) is 4.06. The second-order valence-corrected chi connectivity index (χ2v) is 5.77. The second-order valence-electron chi connectivity index (χ2n) is 5.77. The maximum atomic E-state index is 12.7. The highest BCUT2D eigenvalue weighted by atomic mass is 16.6. The van der Waals surface area contributed by atoms with Crippen LogP contribution in [0.3, 0.4) is 0 Å².